The van der Waals surface area contributed by atoms with E-state index in [1.807, 2.05) is 25.2 Å². The molecule has 0 spiro atoms. The van der Waals surface area contributed by atoms with E-state index in [9.17, 15) is 8.42 Å². The third-order valence-electron chi connectivity index (χ3n) is 4.73. The van der Waals surface area contributed by atoms with Crippen molar-refractivity contribution in [1.82, 2.24) is 9.62 Å². The topological polar surface area (TPSA) is 49.4 Å². The van der Waals surface area contributed by atoms with E-state index in [-0.39, 0.29) is 5.92 Å². The molecule has 0 amide bonds. The van der Waals surface area contributed by atoms with Gasteiger partial charge in [-0.05, 0) is 47.5 Å². The van der Waals surface area contributed by atoms with Gasteiger partial charge in [-0.3, -0.25) is 0 Å². The molecule has 0 saturated heterocycles. The third kappa shape index (κ3) is 2.65. The lowest BCUT2D eigenvalue weighted by Gasteiger charge is -2.33. The predicted octanol–water partition coefficient (Wildman–Crippen LogP) is 3.36. The van der Waals surface area contributed by atoms with Crippen LogP contribution in [0.5, 0.6) is 0 Å². The molecule has 0 aliphatic carbocycles. The minimum Gasteiger partial charge on any atom is -0.301 e. The maximum absolute atomic E-state index is 12.1. The fraction of sp³-hybridized carbons (Fsp3) is 0.294. The van der Waals surface area contributed by atoms with Crippen molar-refractivity contribution in [2.45, 2.75) is 23.9 Å². The van der Waals surface area contributed by atoms with Gasteiger partial charge in [0.2, 0.25) is 10.0 Å². The SMILES string of the molecule is CN1Cc2c(Cl)cc(Cl)cc2C(c2ccc3c(c2)S(=O)(=O)NC3)C1. The van der Waals surface area contributed by atoms with Gasteiger partial charge in [-0.25, -0.2) is 13.1 Å². The van der Waals surface area contributed by atoms with E-state index in [0.717, 1.165) is 35.3 Å². The molecule has 1 N–H and O–H groups in total. The number of hydrogen-bond donors (Lipinski definition) is 1. The molecule has 0 fully saturated rings. The number of sulfonamides is 1. The number of hydrogen-bond acceptors (Lipinski definition) is 3. The second-order valence-electron chi connectivity index (χ2n) is 6.40. The molecule has 2 heterocycles. The van der Waals surface area contributed by atoms with Crippen LogP contribution >= 0.6 is 23.2 Å². The number of rotatable bonds is 1. The number of fused-ring (bicyclic) bond motifs is 2. The minimum atomic E-state index is -3.39. The molecule has 2 aromatic carbocycles. The summed E-state index contributed by atoms with van der Waals surface area (Å²) in [6, 6.07) is 9.38. The second kappa shape index (κ2) is 5.71. The zero-order chi connectivity index (χ0) is 17.1. The number of benzene rings is 2. The molecule has 0 aromatic heterocycles. The van der Waals surface area contributed by atoms with E-state index in [4.69, 9.17) is 23.2 Å². The zero-order valence-electron chi connectivity index (χ0n) is 13.0. The van der Waals surface area contributed by atoms with Crippen LogP contribution in [-0.2, 0) is 23.1 Å². The highest BCUT2D eigenvalue weighted by Gasteiger charge is 2.30. The maximum atomic E-state index is 12.1. The van der Waals surface area contributed by atoms with Crippen molar-refractivity contribution in [1.29, 1.82) is 0 Å². The molecule has 0 bridgehead atoms. The number of nitrogens with zero attached hydrogens (tertiary/aromatic N) is 1. The molecular weight excluding hydrogens is 367 g/mol. The molecule has 2 aromatic rings. The summed E-state index contributed by atoms with van der Waals surface area (Å²) < 4.78 is 26.8. The van der Waals surface area contributed by atoms with Crippen LogP contribution in [0.25, 0.3) is 0 Å². The first-order chi connectivity index (χ1) is 11.3. The summed E-state index contributed by atoms with van der Waals surface area (Å²) in [6.07, 6.45) is 0. The Kier molecular flexibility index (Phi) is 3.90. The third-order valence-corrected chi connectivity index (χ3v) is 6.77. The van der Waals surface area contributed by atoms with Gasteiger partial charge in [0.25, 0.3) is 0 Å². The van der Waals surface area contributed by atoms with Gasteiger partial charge in [0.1, 0.15) is 0 Å². The summed E-state index contributed by atoms with van der Waals surface area (Å²) >= 11 is 12.6. The minimum absolute atomic E-state index is 0.0380. The van der Waals surface area contributed by atoms with Crippen LogP contribution in [0.1, 0.15) is 28.2 Å². The van der Waals surface area contributed by atoms with Crippen molar-refractivity contribution < 1.29 is 8.42 Å². The lowest BCUT2D eigenvalue weighted by molar-refractivity contribution is 0.295. The molecule has 4 rings (SSSR count). The average molecular weight is 383 g/mol. The quantitative estimate of drug-likeness (QED) is 0.822. The van der Waals surface area contributed by atoms with Gasteiger partial charge < -0.3 is 4.90 Å². The summed E-state index contributed by atoms with van der Waals surface area (Å²) in [5.41, 5.74) is 3.91. The molecular formula is C17H16Cl2N2O2S. The average Bonchev–Trinajstić information content (AvgIpc) is 2.82. The van der Waals surface area contributed by atoms with E-state index < -0.39 is 10.0 Å². The van der Waals surface area contributed by atoms with Gasteiger partial charge in [-0.1, -0.05) is 35.3 Å². The molecule has 2 aliphatic heterocycles. The fourth-order valence-corrected chi connectivity index (χ4v) is 5.41. The Hall–Kier alpha value is -1.11. The Labute approximate surface area is 151 Å². The Balaban J connectivity index is 1.87. The molecule has 1 unspecified atom stereocenters. The van der Waals surface area contributed by atoms with Crippen molar-refractivity contribution in [3.63, 3.8) is 0 Å². The van der Waals surface area contributed by atoms with Crippen LogP contribution in [0.4, 0.5) is 0 Å². The van der Waals surface area contributed by atoms with Gasteiger partial charge in [0.05, 0.1) is 4.90 Å². The Morgan fingerprint density at radius 3 is 2.79 bits per heavy atom. The summed E-state index contributed by atoms with van der Waals surface area (Å²) in [5.74, 6) is 0.0380. The van der Waals surface area contributed by atoms with Crippen LogP contribution in [-0.4, -0.2) is 26.9 Å². The highest BCUT2D eigenvalue weighted by Crippen LogP contribution is 2.39. The smallest absolute Gasteiger partial charge is 0.241 e. The maximum Gasteiger partial charge on any atom is 0.241 e. The highest BCUT2D eigenvalue weighted by molar-refractivity contribution is 7.89. The summed E-state index contributed by atoms with van der Waals surface area (Å²) in [4.78, 5) is 2.56. The van der Waals surface area contributed by atoms with Gasteiger partial charge in [0.15, 0.2) is 0 Å². The van der Waals surface area contributed by atoms with E-state index >= 15 is 0 Å². The molecule has 1 atom stereocenters. The lowest BCUT2D eigenvalue weighted by atomic mass is 9.84. The van der Waals surface area contributed by atoms with Crippen molar-refractivity contribution >= 4 is 33.2 Å². The molecule has 24 heavy (non-hydrogen) atoms. The molecule has 2 aliphatic rings. The largest absolute Gasteiger partial charge is 0.301 e. The first-order valence-corrected chi connectivity index (χ1v) is 9.88. The first-order valence-electron chi connectivity index (χ1n) is 7.64. The van der Waals surface area contributed by atoms with E-state index in [1.54, 1.807) is 12.1 Å². The van der Waals surface area contributed by atoms with E-state index in [2.05, 4.69) is 9.62 Å². The van der Waals surface area contributed by atoms with Crippen molar-refractivity contribution in [2.75, 3.05) is 13.6 Å². The summed E-state index contributed by atoms with van der Waals surface area (Å²) in [7, 11) is -1.36. The van der Waals surface area contributed by atoms with Crippen molar-refractivity contribution in [2.24, 2.45) is 0 Å². The van der Waals surface area contributed by atoms with Gasteiger partial charge in [-0.2, -0.15) is 0 Å². The summed E-state index contributed by atoms with van der Waals surface area (Å²) in [5, 5.41) is 1.26. The van der Waals surface area contributed by atoms with E-state index in [1.165, 1.54) is 0 Å². The lowest BCUT2D eigenvalue weighted by Crippen LogP contribution is -2.31. The Bertz CT molecular complexity index is 944. The van der Waals surface area contributed by atoms with Crippen LogP contribution in [0.3, 0.4) is 0 Å². The molecule has 0 radical (unpaired) electrons. The van der Waals surface area contributed by atoms with Crippen molar-refractivity contribution in [3.05, 3.63) is 62.6 Å². The highest BCUT2D eigenvalue weighted by atomic mass is 35.5. The number of nitrogens with one attached hydrogen (secondary N) is 1. The van der Waals surface area contributed by atoms with Crippen LogP contribution in [0, 0.1) is 0 Å². The van der Waals surface area contributed by atoms with Gasteiger partial charge in [0, 0.05) is 35.6 Å². The van der Waals surface area contributed by atoms with Crippen LogP contribution < -0.4 is 4.72 Å². The Morgan fingerprint density at radius 1 is 1.21 bits per heavy atom. The normalized spacial score (nSPS) is 22.2. The number of halogens is 2. The summed E-state index contributed by atoms with van der Waals surface area (Å²) in [6.45, 7) is 1.90. The Morgan fingerprint density at radius 2 is 2.00 bits per heavy atom. The van der Waals surface area contributed by atoms with Crippen LogP contribution in [0.2, 0.25) is 10.0 Å². The van der Waals surface area contributed by atoms with Crippen LogP contribution in [0.15, 0.2) is 35.2 Å². The zero-order valence-corrected chi connectivity index (χ0v) is 15.3. The fourth-order valence-electron chi connectivity index (χ4n) is 3.57. The second-order valence-corrected chi connectivity index (χ2v) is 8.98. The predicted molar refractivity (Wildman–Crippen MR) is 95.1 cm³/mol. The monoisotopic (exact) mass is 382 g/mol. The molecule has 126 valence electrons. The van der Waals surface area contributed by atoms with Gasteiger partial charge >= 0.3 is 0 Å². The van der Waals surface area contributed by atoms with Crippen molar-refractivity contribution in [3.8, 4) is 0 Å². The van der Waals surface area contributed by atoms with Gasteiger partial charge in [-0.15, -0.1) is 0 Å². The van der Waals surface area contributed by atoms with E-state index in [0.29, 0.717) is 21.5 Å². The molecule has 7 heteroatoms. The molecule has 0 saturated carbocycles. The standard InChI is InChI=1S/C17H16Cl2N2O2S/c1-21-8-14(13-5-12(18)6-16(19)15(13)9-21)10-2-3-11-7-20-24(22,23)17(11)4-10/h2-6,14,20H,7-9H2,1H3. The first kappa shape index (κ1) is 16.4. The number of likely N-dealkylation sites (N-methyl/N-ethyl adjacent to an activating group) is 1. The molecule has 4 nitrogen and oxygen atoms in total.